The maximum atomic E-state index is 12.5. The van der Waals surface area contributed by atoms with Crippen molar-refractivity contribution in [2.24, 2.45) is 0 Å². The molecule has 1 heterocycles. The van der Waals surface area contributed by atoms with Crippen molar-refractivity contribution in [2.45, 2.75) is 40.5 Å². The quantitative estimate of drug-likeness (QED) is 0.566. The molecule has 0 bridgehead atoms. The Bertz CT molecular complexity index is 952. The average Bonchev–Trinajstić information content (AvgIpc) is 3.09. The van der Waals surface area contributed by atoms with Gasteiger partial charge in [0.2, 0.25) is 11.8 Å². The summed E-state index contributed by atoms with van der Waals surface area (Å²) in [6, 6.07) is 7.50. The third-order valence-electron chi connectivity index (χ3n) is 4.77. The van der Waals surface area contributed by atoms with E-state index in [-0.39, 0.29) is 37.4 Å². The van der Waals surface area contributed by atoms with Gasteiger partial charge in [-0.1, -0.05) is 26.0 Å². The highest BCUT2D eigenvalue weighted by molar-refractivity contribution is 7.16. The van der Waals surface area contributed by atoms with Crippen molar-refractivity contribution >= 4 is 39.8 Å². The minimum absolute atomic E-state index is 0.0113. The van der Waals surface area contributed by atoms with E-state index in [4.69, 9.17) is 4.74 Å². The van der Waals surface area contributed by atoms with Crippen LogP contribution in [0.1, 0.15) is 53.1 Å². The van der Waals surface area contributed by atoms with Crippen LogP contribution in [0, 0.1) is 13.8 Å². The molecule has 0 atom stereocenters. The summed E-state index contributed by atoms with van der Waals surface area (Å²) in [5.41, 5.74) is 3.24. The number of nitrogens with one attached hydrogen (secondary N) is 2. The first-order valence-electron chi connectivity index (χ1n) is 10.3. The fraction of sp³-hybridized carbons (Fsp3) is 0.435. The number of anilines is 2. The second-order valence-electron chi connectivity index (χ2n) is 7.78. The molecule has 2 N–H and O–H groups in total. The Labute approximate surface area is 187 Å². The minimum atomic E-state index is -0.456. The van der Waals surface area contributed by atoms with Gasteiger partial charge in [0.25, 0.3) is 0 Å². The summed E-state index contributed by atoms with van der Waals surface area (Å²) in [6.45, 7) is 10.1. The van der Waals surface area contributed by atoms with Gasteiger partial charge in [-0.25, -0.2) is 4.79 Å². The molecule has 2 aromatic rings. The Hall–Kier alpha value is -2.71. The molecular weight excluding hydrogens is 414 g/mol. The van der Waals surface area contributed by atoms with Crippen molar-refractivity contribution in [3.63, 3.8) is 0 Å². The van der Waals surface area contributed by atoms with Crippen LogP contribution in [0.2, 0.25) is 0 Å². The lowest BCUT2D eigenvalue weighted by Gasteiger charge is -2.17. The molecule has 0 aliphatic rings. The lowest BCUT2D eigenvalue weighted by molar-refractivity contribution is -0.119. The molecule has 0 saturated heterocycles. The number of ether oxygens (including phenoxy) is 1. The molecule has 1 aromatic heterocycles. The minimum Gasteiger partial charge on any atom is -0.462 e. The van der Waals surface area contributed by atoms with E-state index in [0.29, 0.717) is 10.6 Å². The lowest BCUT2D eigenvalue weighted by atomic mass is 10.1. The number of amides is 2. The first kappa shape index (κ1) is 24.6. The van der Waals surface area contributed by atoms with E-state index in [9.17, 15) is 14.4 Å². The zero-order valence-corrected chi connectivity index (χ0v) is 19.8. The van der Waals surface area contributed by atoms with Crippen molar-refractivity contribution < 1.29 is 19.1 Å². The monoisotopic (exact) mass is 445 g/mol. The summed E-state index contributed by atoms with van der Waals surface area (Å²) >= 11 is 1.37. The summed E-state index contributed by atoms with van der Waals surface area (Å²) in [5, 5.41) is 6.16. The molecule has 2 rings (SSSR count). The molecule has 31 heavy (non-hydrogen) atoms. The van der Waals surface area contributed by atoms with Gasteiger partial charge in [0.15, 0.2) is 0 Å². The Balaban J connectivity index is 1.98. The number of hydrogen-bond acceptors (Lipinski definition) is 6. The van der Waals surface area contributed by atoms with Crippen molar-refractivity contribution in [3.8, 4) is 0 Å². The van der Waals surface area contributed by atoms with Crippen LogP contribution in [0.5, 0.6) is 0 Å². The van der Waals surface area contributed by atoms with Crippen LogP contribution in [0.4, 0.5) is 10.7 Å². The number of likely N-dealkylation sites (N-methyl/N-ethyl adjacent to an activating group) is 1. The Morgan fingerprint density at radius 1 is 1.10 bits per heavy atom. The van der Waals surface area contributed by atoms with Crippen LogP contribution in [-0.2, 0) is 14.3 Å². The third-order valence-corrected chi connectivity index (χ3v) is 6.13. The highest BCUT2D eigenvalue weighted by Gasteiger charge is 2.21. The summed E-state index contributed by atoms with van der Waals surface area (Å²) in [5.74, 6) is -0.735. The average molecular weight is 446 g/mol. The van der Waals surface area contributed by atoms with Gasteiger partial charge in [-0.3, -0.25) is 14.5 Å². The lowest BCUT2D eigenvalue weighted by Crippen LogP contribution is -2.36. The van der Waals surface area contributed by atoms with Gasteiger partial charge in [0.1, 0.15) is 5.00 Å². The van der Waals surface area contributed by atoms with E-state index in [2.05, 4.69) is 10.6 Å². The number of esters is 1. The Morgan fingerprint density at radius 3 is 2.35 bits per heavy atom. The molecule has 2 amide bonds. The van der Waals surface area contributed by atoms with Crippen molar-refractivity contribution in [3.05, 3.63) is 45.8 Å². The number of aryl methyl sites for hydroxylation is 1. The van der Waals surface area contributed by atoms with Crippen LogP contribution in [-0.4, -0.2) is 49.4 Å². The summed E-state index contributed by atoms with van der Waals surface area (Å²) < 4.78 is 5.10. The van der Waals surface area contributed by atoms with E-state index in [1.165, 1.54) is 11.3 Å². The SMILES string of the molecule is CCOC(=O)c1cc(C(C)C)sc1NC(=O)CN(C)CC(=O)Nc1cccc(C)c1C. The van der Waals surface area contributed by atoms with Crippen LogP contribution in [0.3, 0.4) is 0 Å². The van der Waals surface area contributed by atoms with E-state index in [0.717, 1.165) is 21.7 Å². The Kier molecular flexibility index (Phi) is 8.76. The number of carbonyl (C=O) groups excluding carboxylic acids is 3. The number of benzene rings is 1. The number of nitrogens with zero attached hydrogens (tertiary/aromatic N) is 1. The second kappa shape index (κ2) is 11.1. The molecule has 1 aromatic carbocycles. The smallest absolute Gasteiger partial charge is 0.341 e. The van der Waals surface area contributed by atoms with E-state index < -0.39 is 5.97 Å². The normalized spacial score (nSPS) is 11.0. The molecule has 0 fully saturated rings. The van der Waals surface area contributed by atoms with E-state index >= 15 is 0 Å². The van der Waals surface area contributed by atoms with Gasteiger partial charge in [-0.05, 0) is 57.0 Å². The molecular formula is C23H31N3O4S. The van der Waals surface area contributed by atoms with Gasteiger partial charge in [-0.15, -0.1) is 11.3 Å². The van der Waals surface area contributed by atoms with Crippen LogP contribution >= 0.6 is 11.3 Å². The van der Waals surface area contributed by atoms with Gasteiger partial charge >= 0.3 is 5.97 Å². The molecule has 0 aliphatic carbocycles. The van der Waals surface area contributed by atoms with Gasteiger partial charge in [0.05, 0.1) is 25.3 Å². The number of carbonyl (C=O) groups is 3. The molecule has 168 valence electrons. The van der Waals surface area contributed by atoms with Crippen molar-refractivity contribution in [1.29, 1.82) is 0 Å². The topological polar surface area (TPSA) is 87.7 Å². The Morgan fingerprint density at radius 2 is 1.74 bits per heavy atom. The predicted octanol–water partition coefficient (Wildman–Crippen LogP) is 4.17. The van der Waals surface area contributed by atoms with E-state index in [1.807, 2.05) is 45.9 Å². The standard InChI is InChI=1S/C23H31N3O4S/c1-7-30-23(29)17-11-19(14(2)3)31-22(17)25-21(28)13-26(6)12-20(27)24-18-10-8-9-15(4)16(18)5/h8-11,14H,7,12-13H2,1-6H3,(H,24,27)(H,25,28). The molecule has 0 aliphatic heterocycles. The first-order valence-corrected chi connectivity index (χ1v) is 11.1. The number of hydrogen-bond donors (Lipinski definition) is 2. The van der Waals surface area contributed by atoms with Gasteiger partial charge in [0, 0.05) is 10.6 Å². The maximum Gasteiger partial charge on any atom is 0.341 e. The first-order chi connectivity index (χ1) is 14.6. The highest BCUT2D eigenvalue weighted by Crippen LogP contribution is 2.33. The second-order valence-corrected chi connectivity index (χ2v) is 8.87. The summed E-state index contributed by atoms with van der Waals surface area (Å²) in [4.78, 5) is 39.8. The van der Waals surface area contributed by atoms with Crippen molar-refractivity contribution in [1.82, 2.24) is 4.90 Å². The van der Waals surface area contributed by atoms with Crippen LogP contribution in [0.25, 0.3) is 0 Å². The fourth-order valence-electron chi connectivity index (χ4n) is 2.94. The molecule has 0 saturated carbocycles. The molecule has 7 nitrogen and oxygen atoms in total. The molecule has 0 spiro atoms. The number of rotatable bonds is 9. The zero-order valence-electron chi connectivity index (χ0n) is 19.0. The maximum absolute atomic E-state index is 12.5. The fourth-order valence-corrected chi connectivity index (χ4v) is 4.00. The molecule has 0 radical (unpaired) electrons. The summed E-state index contributed by atoms with van der Waals surface area (Å²) in [7, 11) is 1.70. The van der Waals surface area contributed by atoms with Crippen LogP contribution in [0.15, 0.2) is 24.3 Å². The largest absolute Gasteiger partial charge is 0.462 e. The number of thiophene rings is 1. The third kappa shape index (κ3) is 6.90. The summed E-state index contributed by atoms with van der Waals surface area (Å²) in [6.07, 6.45) is 0. The predicted molar refractivity (Wildman–Crippen MR) is 125 cm³/mol. The van der Waals surface area contributed by atoms with Gasteiger partial charge < -0.3 is 15.4 Å². The highest BCUT2D eigenvalue weighted by atomic mass is 32.1. The van der Waals surface area contributed by atoms with Gasteiger partial charge in [-0.2, -0.15) is 0 Å². The van der Waals surface area contributed by atoms with Crippen molar-refractivity contribution in [2.75, 3.05) is 37.4 Å². The molecule has 8 heteroatoms. The van der Waals surface area contributed by atoms with Crippen LogP contribution < -0.4 is 10.6 Å². The molecule has 0 unspecified atom stereocenters. The van der Waals surface area contributed by atoms with E-state index in [1.54, 1.807) is 24.9 Å². The zero-order chi connectivity index (χ0) is 23.1.